The summed E-state index contributed by atoms with van der Waals surface area (Å²) >= 11 is 1.59. The number of aliphatic hydroxyl groups excluding tert-OH is 1. The van der Waals surface area contributed by atoms with Crippen molar-refractivity contribution in [1.82, 2.24) is 20.3 Å². The number of benzene rings is 1. The van der Waals surface area contributed by atoms with Gasteiger partial charge in [-0.2, -0.15) is 4.98 Å². The molecule has 38 heavy (non-hydrogen) atoms. The van der Waals surface area contributed by atoms with Crippen molar-refractivity contribution in [2.45, 2.75) is 58.2 Å². The van der Waals surface area contributed by atoms with E-state index in [1.54, 1.807) is 18.3 Å². The molecule has 0 spiro atoms. The molecule has 3 heterocycles. The Hall–Kier alpha value is -3.06. The summed E-state index contributed by atoms with van der Waals surface area (Å²) in [5.74, 6) is 0.296. The van der Waals surface area contributed by atoms with Crippen molar-refractivity contribution >= 4 is 39.4 Å². The van der Waals surface area contributed by atoms with Crippen molar-refractivity contribution in [3.8, 4) is 10.6 Å². The Morgan fingerprint density at radius 1 is 1.18 bits per heavy atom. The summed E-state index contributed by atoms with van der Waals surface area (Å²) in [5, 5.41) is 20.3. The van der Waals surface area contributed by atoms with Crippen molar-refractivity contribution in [3.05, 3.63) is 30.0 Å². The number of alkyl carbamates (subject to hydrolysis) is 1. The first-order valence-corrected chi connectivity index (χ1v) is 13.7. The SMILES string of the molecule is CCOC(=O)NCCNc1nc(C)c(-c2nc3ccccc3s2)c(N[C@@H]2C[C@H](CO)[C@H]3OC(C)(C)O[C@H]32)n1. The number of nitrogens with zero attached hydrogens (tertiary/aromatic N) is 3. The van der Waals surface area contributed by atoms with E-state index in [2.05, 4.69) is 16.0 Å². The summed E-state index contributed by atoms with van der Waals surface area (Å²) in [7, 11) is 0. The lowest BCUT2D eigenvalue weighted by Gasteiger charge is -2.25. The fourth-order valence-corrected chi connectivity index (χ4v) is 6.16. The van der Waals surface area contributed by atoms with Crippen LogP contribution in [0.5, 0.6) is 0 Å². The molecule has 1 aliphatic carbocycles. The molecule has 0 radical (unpaired) electrons. The van der Waals surface area contributed by atoms with Crippen LogP contribution in [0.3, 0.4) is 0 Å². The normalized spacial score (nSPS) is 23.8. The molecule has 1 saturated carbocycles. The first-order valence-electron chi connectivity index (χ1n) is 12.9. The molecule has 1 saturated heterocycles. The number of carbonyl (C=O) groups is 1. The highest BCUT2D eigenvalue weighted by atomic mass is 32.1. The molecule has 1 amide bonds. The third-order valence-electron chi connectivity index (χ3n) is 6.69. The van der Waals surface area contributed by atoms with Crippen LogP contribution < -0.4 is 16.0 Å². The van der Waals surface area contributed by atoms with E-state index in [-0.39, 0.29) is 30.8 Å². The van der Waals surface area contributed by atoms with Gasteiger partial charge in [0.1, 0.15) is 16.9 Å². The van der Waals surface area contributed by atoms with Crippen molar-refractivity contribution in [1.29, 1.82) is 0 Å². The number of aryl methyl sites for hydroxylation is 1. The predicted octanol–water partition coefficient (Wildman–Crippen LogP) is 3.53. The van der Waals surface area contributed by atoms with Gasteiger partial charge in [0, 0.05) is 25.6 Å². The number of carbonyl (C=O) groups excluding carboxylic acids is 1. The number of amides is 1. The van der Waals surface area contributed by atoms with Crippen LogP contribution in [0.1, 0.15) is 32.9 Å². The number of aliphatic hydroxyl groups is 1. The van der Waals surface area contributed by atoms with Crippen LogP contribution in [-0.2, 0) is 14.2 Å². The van der Waals surface area contributed by atoms with Gasteiger partial charge in [0.05, 0.1) is 40.2 Å². The molecule has 12 heteroatoms. The van der Waals surface area contributed by atoms with E-state index in [1.807, 2.05) is 45.0 Å². The molecule has 204 valence electrons. The minimum Gasteiger partial charge on any atom is -0.450 e. The fraction of sp³-hybridized carbons (Fsp3) is 0.538. The van der Waals surface area contributed by atoms with Crippen LogP contribution >= 0.6 is 11.3 Å². The second-order valence-electron chi connectivity index (χ2n) is 9.91. The van der Waals surface area contributed by atoms with Gasteiger partial charge in [-0.1, -0.05) is 12.1 Å². The Labute approximate surface area is 225 Å². The fourth-order valence-electron chi connectivity index (χ4n) is 5.10. The molecule has 0 unspecified atom stereocenters. The van der Waals surface area contributed by atoms with Crippen LogP contribution in [0.2, 0.25) is 0 Å². The molecule has 5 rings (SSSR count). The highest BCUT2D eigenvalue weighted by Gasteiger charge is 2.54. The number of fused-ring (bicyclic) bond motifs is 2. The van der Waals surface area contributed by atoms with Gasteiger partial charge in [0.2, 0.25) is 5.95 Å². The molecular weight excluding hydrogens is 508 g/mol. The Balaban J connectivity index is 1.44. The molecule has 1 aromatic carbocycles. The molecule has 11 nitrogen and oxygen atoms in total. The van der Waals surface area contributed by atoms with Gasteiger partial charge in [-0.25, -0.2) is 14.8 Å². The zero-order chi connectivity index (χ0) is 26.9. The highest BCUT2D eigenvalue weighted by molar-refractivity contribution is 7.21. The third kappa shape index (κ3) is 5.53. The number of rotatable bonds is 9. The van der Waals surface area contributed by atoms with Gasteiger partial charge >= 0.3 is 6.09 Å². The number of hydrogen-bond acceptors (Lipinski definition) is 11. The lowest BCUT2D eigenvalue weighted by Crippen LogP contribution is -2.35. The van der Waals surface area contributed by atoms with Gasteiger partial charge in [0.15, 0.2) is 5.79 Å². The number of para-hydroxylation sites is 1. The number of thiazole rings is 1. The van der Waals surface area contributed by atoms with Gasteiger partial charge in [-0.15, -0.1) is 11.3 Å². The Morgan fingerprint density at radius 3 is 2.74 bits per heavy atom. The summed E-state index contributed by atoms with van der Waals surface area (Å²) in [5.41, 5.74) is 2.50. The number of nitrogens with one attached hydrogen (secondary N) is 3. The maximum absolute atomic E-state index is 11.6. The van der Waals surface area contributed by atoms with E-state index in [0.717, 1.165) is 26.5 Å². The molecular formula is C26H34N6O5S. The number of anilines is 2. The largest absolute Gasteiger partial charge is 0.450 e. The third-order valence-corrected chi connectivity index (χ3v) is 7.74. The standard InChI is InChI=1S/C26H34N6O5S/c1-5-35-25(34)28-11-10-27-24-29-14(2)19(23-31-16-8-6-7-9-18(16)38-23)22(32-24)30-17-12-15(13-33)20-21(17)37-26(3,4)36-20/h6-9,15,17,20-21,33H,5,10-13H2,1-4H3,(H,28,34)(H2,27,29,30,32)/t15-,17-,20-,21+/m1/s1. The summed E-state index contributed by atoms with van der Waals surface area (Å²) in [4.78, 5) is 26.0. The van der Waals surface area contributed by atoms with Crippen LogP contribution in [0.15, 0.2) is 24.3 Å². The second-order valence-corrected chi connectivity index (χ2v) is 10.9. The zero-order valence-corrected chi connectivity index (χ0v) is 22.8. The Morgan fingerprint density at radius 2 is 1.97 bits per heavy atom. The maximum atomic E-state index is 11.6. The molecule has 2 fully saturated rings. The van der Waals surface area contributed by atoms with E-state index in [4.69, 9.17) is 29.2 Å². The van der Waals surface area contributed by atoms with Gasteiger partial charge in [0.25, 0.3) is 0 Å². The molecule has 3 aromatic rings. The summed E-state index contributed by atoms with van der Waals surface area (Å²) < 4.78 is 18.3. The van der Waals surface area contributed by atoms with Crippen LogP contribution in [0.25, 0.3) is 20.8 Å². The van der Waals surface area contributed by atoms with E-state index in [1.165, 1.54) is 0 Å². The molecule has 4 N–H and O–H groups in total. The van der Waals surface area contributed by atoms with Crippen LogP contribution in [-0.4, -0.2) is 76.5 Å². The summed E-state index contributed by atoms with van der Waals surface area (Å²) in [6.07, 6.45) is -0.217. The maximum Gasteiger partial charge on any atom is 0.407 e. The average Bonchev–Trinajstić information content (AvgIpc) is 3.52. The van der Waals surface area contributed by atoms with Crippen LogP contribution in [0, 0.1) is 12.8 Å². The monoisotopic (exact) mass is 542 g/mol. The summed E-state index contributed by atoms with van der Waals surface area (Å²) in [6, 6.07) is 7.88. The highest BCUT2D eigenvalue weighted by Crippen LogP contribution is 2.44. The molecule has 0 bridgehead atoms. The van der Waals surface area contributed by atoms with Crippen molar-refractivity contribution in [2.75, 3.05) is 36.9 Å². The van der Waals surface area contributed by atoms with Gasteiger partial charge in [-0.05, 0) is 46.2 Å². The smallest absolute Gasteiger partial charge is 0.407 e. The van der Waals surface area contributed by atoms with E-state index in [9.17, 15) is 9.90 Å². The quantitative estimate of drug-likeness (QED) is 0.297. The lowest BCUT2D eigenvalue weighted by atomic mass is 10.1. The first kappa shape index (κ1) is 26.5. The minimum absolute atomic E-state index is 0.0204. The number of hydrogen-bond donors (Lipinski definition) is 4. The topological polar surface area (TPSA) is 140 Å². The second kappa shape index (κ2) is 11.0. The number of ether oxygens (including phenoxy) is 3. The molecule has 2 aromatic heterocycles. The number of aromatic nitrogens is 3. The van der Waals surface area contributed by atoms with E-state index < -0.39 is 11.9 Å². The minimum atomic E-state index is -0.723. The van der Waals surface area contributed by atoms with Crippen molar-refractivity contribution < 1.29 is 24.1 Å². The lowest BCUT2D eigenvalue weighted by molar-refractivity contribution is -0.158. The first-order chi connectivity index (χ1) is 18.3. The zero-order valence-electron chi connectivity index (χ0n) is 22.0. The summed E-state index contributed by atoms with van der Waals surface area (Å²) in [6.45, 7) is 8.59. The average molecular weight is 543 g/mol. The molecule has 1 aliphatic heterocycles. The van der Waals surface area contributed by atoms with E-state index in [0.29, 0.717) is 37.9 Å². The van der Waals surface area contributed by atoms with Crippen molar-refractivity contribution in [3.63, 3.8) is 0 Å². The molecule has 2 aliphatic rings. The van der Waals surface area contributed by atoms with E-state index >= 15 is 0 Å². The van der Waals surface area contributed by atoms with Gasteiger partial charge < -0.3 is 35.3 Å². The van der Waals surface area contributed by atoms with Crippen molar-refractivity contribution in [2.24, 2.45) is 5.92 Å². The van der Waals surface area contributed by atoms with Gasteiger partial charge in [-0.3, -0.25) is 0 Å². The Bertz CT molecular complexity index is 1270. The molecule has 4 atom stereocenters. The Kier molecular flexibility index (Phi) is 7.66. The van der Waals surface area contributed by atoms with Crippen LogP contribution in [0.4, 0.5) is 16.6 Å². The predicted molar refractivity (Wildman–Crippen MR) is 145 cm³/mol.